The van der Waals surface area contributed by atoms with Crippen LogP contribution in [0.15, 0.2) is 18.5 Å². The summed E-state index contributed by atoms with van der Waals surface area (Å²) >= 11 is 0. The zero-order valence-electron chi connectivity index (χ0n) is 10.7. The van der Waals surface area contributed by atoms with Crippen molar-refractivity contribution in [3.63, 3.8) is 0 Å². The van der Waals surface area contributed by atoms with Crippen molar-refractivity contribution in [3.05, 3.63) is 24.0 Å². The van der Waals surface area contributed by atoms with Crippen LogP contribution < -0.4 is 16.0 Å². The molecule has 0 radical (unpaired) electrons. The summed E-state index contributed by atoms with van der Waals surface area (Å²) in [7, 11) is 1.70. The first-order chi connectivity index (χ1) is 8.76. The molecule has 1 amide bonds. The Hall–Kier alpha value is -1.62. The van der Waals surface area contributed by atoms with Gasteiger partial charge in [0.25, 0.3) is 0 Å². The molecular formula is C13H20N4O. The second kappa shape index (κ2) is 5.82. The van der Waals surface area contributed by atoms with Crippen molar-refractivity contribution in [1.82, 2.24) is 10.3 Å². The van der Waals surface area contributed by atoms with Crippen molar-refractivity contribution < 1.29 is 4.79 Å². The molecule has 1 aliphatic heterocycles. The molecule has 18 heavy (non-hydrogen) atoms. The Morgan fingerprint density at radius 2 is 2.28 bits per heavy atom. The quantitative estimate of drug-likeness (QED) is 0.817. The van der Waals surface area contributed by atoms with Crippen LogP contribution in [0, 0.1) is 5.92 Å². The molecule has 5 nitrogen and oxygen atoms in total. The van der Waals surface area contributed by atoms with Gasteiger partial charge in [-0.25, -0.2) is 0 Å². The maximum Gasteiger partial charge on any atom is 0.222 e. The van der Waals surface area contributed by atoms with Crippen LogP contribution in [0.1, 0.15) is 18.4 Å². The van der Waals surface area contributed by atoms with Crippen molar-refractivity contribution in [2.24, 2.45) is 11.7 Å². The molecule has 1 saturated heterocycles. The molecule has 0 aliphatic carbocycles. The van der Waals surface area contributed by atoms with Crippen LogP contribution in [0.25, 0.3) is 0 Å². The molecule has 3 N–H and O–H groups in total. The highest BCUT2D eigenvalue weighted by Gasteiger charge is 2.25. The average molecular weight is 248 g/mol. The monoisotopic (exact) mass is 248 g/mol. The molecule has 1 aromatic heterocycles. The minimum Gasteiger partial charge on any atom is -0.370 e. The van der Waals surface area contributed by atoms with E-state index in [-0.39, 0.29) is 11.8 Å². The standard InChI is InChI=1S/C13H20N4O/c1-15-13(18)10-3-6-17(7-4-10)12-9-16-5-2-11(12)8-14/h2,5,9-10H,3-4,6-8,14H2,1H3,(H,15,18). The number of rotatable bonds is 3. The fourth-order valence-electron chi connectivity index (χ4n) is 2.46. The molecule has 0 spiro atoms. The van der Waals surface area contributed by atoms with Crippen molar-refractivity contribution in [3.8, 4) is 0 Å². The van der Waals surface area contributed by atoms with Gasteiger partial charge in [-0.2, -0.15) is 0 Å². The van der Waals surface area contributed by atoms with Gasteiger partial charge in [0.2, 0.25) is 5.91 Å². The van der Waals surface area contributed by atoms with Gasteiger partial charge in [-0.3, -0.25) is 9.78 Å². The fourth-order valence-corrected chi connectivity index (χ4v) is 2.46. The third kappa shape index (κ3) is 2.61. The highest BCUT2D eigenvalue weighted by atomic mass is 16.1. The van der Waals surface area contributed by atoms with E-state index in [0.29, 0.717) is 6.54 Å². The number of nitrogens with zero attached hydrogens (tertiary/aromatic N) is 2. The Morgan fingerprint density at radius 1 is 1.56 bits per heavy atom. The van der Waals surface area contributed by atoms with Crippen molar-refractivity contribution in [1.29, 1.82) is 0 Å². The van der Waals surface area contributed by atoms with Gasteiger partial charge in [-0.15, -0.1) is 0 Å². The van der Waals surface area contributed by atoms with Crippen LogP contribution >= 0.6 is 0 Å². The molecule has 1 aliphatic rings. The maximum atomic E-state index is 11.6. The summed E-state index contributed by atoms with van der Waals surface area (Å²) in [5, 5.41) is 2.72. The topological polar surface area (TPSA) is 71.2 Å². The molecule has 1 aromatic rings. The molecule has 0 atom stereocenters. The number of pyridine rings is 1. The molecule has 1 fully saturated rings. The van der Waals surface area contributed by atoms with Gasteiger partial charge in [0.1, 0.15) is 0 Å². The molecule has 2 heterocycles. The van der Waals surface area contributed by atoms with Gasteiger partial charge in [0, 0.05) is 38.8 Å². The van der Waals surface area contributed by atoms with Crippen LogP contribution in [0.3, 0.4) is 0 Å². The lowest BCUT2D eigenvalue weighted by Crippen LogP contribution is -2.40. The number of nitrogens with two attached hydrogens (primary N) is 1. The van der Waals surface area contributed by atoms with Gasteiger partial charge in [-0.05, 0) is 24.5 Å². The minimum absolute atomic E-state index is 0.143. The smallest absolute Gasteiger partial charge is 0.222 e. The van der Waals surface area contributed by atoms with E-state index in [4.69, 9.17) is 5.73 Å². The number of piperidine rings is 1. The number of anilines is 1. The second-order valence-electron chi connectivity index (χ2n) is 4.58. The van der Waals surface area contributed by atoms with Crippen LogP contribution in [-0.4, -0.2) is 31.0 Å². The zero-order valence-corrected chi connectivity index (χ0v) is 10.7. The van der Waals surface area contributed by atoms with E-state index in [9.17, 15) is 4.79 Å². The SMILES string of the molecule is CNC(=O)C1CCN(c2cnccc2CN)CC1. The molecule has 0 bridgehead atoms. The Balaban J connectivity index is 2.03. The molecule has 0 aromatic carbocycles. The molecule has 0 unspecified atom stereocenters. The third-order valence-corrected chi connectivity index (χ3v) is 3.56. The number of carbonyl (C=O) groups is 1. The Bertz CT molecular complexity index is 413. The van der Waals surface area contributed by atoms with E-state index in [1.165, 1.54) is 0 Å². The summed E-state index contributed by atoms with van der Waals surface area (Å²) in [6.07, 6.45) is 5.41. The largest absolute Gasteiger partial charge is 0.370 e. The molecular weight excluding hydrogens is 228 g/mol. The maximum absolute atomic E-state index is 11.6. The average Bonchev–Trinajstić information content (AvgIpc) is 2.46. The van der Waals surface area contributed by atoms with E-state index in [1.807, 2.05) is 12.3 Å². The summed E-state index contributed by atoms with van der Waals surface area (Å²) in [5.41, 5.74) is 7.96. The van der Waals surface area contributed by atoms with Gasteiger partial charge in [0.15, 0.2) is 0 Å². The number of hydrogen-bond donors (Lipinski definition) is 2. The molecule has 2 rings (SSSR count). The number of aromatic nitrogens is 1. The van der Waals surface area contributed by atoms with Crippen LogP contribution in [0.5, 0.6) is 0 Å². The Morgan fingerprint density at radius 3 is 2.89 bits per heavy atom. The van der Waals surface area contributed by atoms with Gasteiger partial charge in [-0.1, -0.05) is 0 Å². The first kappa shape index (κ1) is 12.8. The number of hydrogen-bond acceptors (Lipinski definition) is 4. The van der Waals surface area contributed by atoms with Crippen molar-refractivity contribution in [2.45, 2.75) is 19.4 Å². The lowest BCUT2D eigenvalue weighted by atomic mass is 9.95. The van der Waals surface area contributed by atoms with Crippen LogP contribution in [0.2, 0.25) is 0 Å². The summed E-state index contributed by atoms with van der Waals surface area (Å²) < 4.78 is 0. The first-order valence-corrected chi connectivity index (χ1v) is 6.35. The number of amides is 1. The van der Waals surface area contributed by atoms with Gasteiger partial charge in [0.05, 0.1) is 11.9 Å². The van der Waals surface area contributed by atoms with E-state index >= 15 is 0 Å². The summed E-state index contributed by atoms with van der Waals surface area (Å²) in [6, 6.07) is 1.96. The van der Waals surface area contributed by atoms with Crippen LogP contribution in [-0.2, 0) is 11.3 Å². The van der Waals surface area contributed by atoms with E-state index < -0.39 is 0 Å². The Kier molecular flexibility index (Phi) is 4.15. The van der Waals surface area contributed by atoms with Crippen molar-refractivity contribution in [2.75, 3.05) is 25.0 Å². The first-order valence-electron chi connectivity index (χ1n) is 6.35. The lowest BCUT2D eigenvalue weighted by Gasteiger charge is -2.33. The highest BCUT2D eigenvalue weighted by Crippen LogP contribution is 2.25. The molecule has 5 heteroatoms. The predicted octanol–water partition coefficient (Wildman–Crippen LogP) is 0.503. The van der Waals surface area contributed by atoms with Gasteiger partial charge < -0.3 is 16.0 Å². The second-order valence-corrected chi connectivity index (χ2v) is 4.58. The van der Waals surface area contributed by atoms with Gasteiger partial charge >= 0.3 is 0 Å². The van der Waals surface area contributed by atoms with Crippen molar-refractivity contribution >= 4 is 11.6 Å². The summed E-state index contributed by atoms with van der Waals surface area (Å²) in [4.78, 5) is 18.0. The summed E-state index contributed by atoms with van der Waals surface area (Å²) in [5.74, 6) is 0.295. The molecule has 98 valence electrons. The zero-order chi connectivity index (χ0) is 13.0. The minimum atomic E-state index is 0.143. The number of nitrogens with one attached hydrogen (secondary N) is 1. The fraction of sp³-hybridized carbons (Fsp3) is 0.538. The normalized spacial score (nSPS) is 16.7. The lowest BCUT2D eigenvalue weighted by molar-refractivity contribution is -0.125. The third-order valence-electron chi connectivity index (χ3n) is 3.56. The van der Waals surface area contributed by atoms with E-state index in [1.54, 1.807) is 13.2 Å². The molecule has 0 saturated carbocycles. The van der Waals surface area contributed by atoms with E-state index in [2.05, 4.69) is 15.2 Å². The summed E-state index contributed by atoms with van der Waals surface area (Å²) in [6.45, 7) is 2.29. The predicted molar refractivity (Wildman–Crippen MR) is 71.1 cm³/mol. The highest BCUT2D eigenvalue weighted by molar-refractivity contribution is 5.78. The van der Waals surface area contributed by atoms with E-state index in [0.717, 1.165) is 37.2 Å². The Labute approximate surface area is 107 Å². The number of carbonyl (C=O) groups excluding carboxylic acids is 1. The van der Waals surface area contributed by atoms with Crippen LogP contribution in [0.4, 0.5) is 5.69 Å².